The molecule has 0 unspecified atom stereocenters. The van der Waals surface area contributed by atoms with E-state index >= 15 is 0 Å². The van der Waals surface area contributed by atoms with E-state index in [2.05, 4.69) is 0 Å². The molecule has 1 heterocycles. The van der Waals surface area contributed by atoms with E-state index in [9.17, 15) is 22.7 Å². The van der Waals surface area contributed by atoms with Crippen LogP contribution in [0.3, 0.4) is 0 Å². The Bertz CT molecular complexity index is 1270. The zero-order valence-electron chi connectivity index (χ0n) is 18.9. The van der Waals surface area contributed by atoms with Gasteiger partial charge in [-0.05, 0) is 66.6 Å². The molecule has 34 heavy (non-hydrogen) atoms. The molecule has 0 saturated heterocycles. The Morgan fingerprint density at radius 2 is 1.82 bits per heavy atom. The number of benzene rings is 3. The first-order chi connectivity index (χ1) is 15.9. The maximum Gasteiger partial charge on any atom is 1.00 e. The summed E-state index contributed by atoms with van der Waals surface area (Å²) >= 11 is 0. The van der Waals surface area contributed by atoms with Crippen molar-refractivity contribution in [2.45, 2.75) is 37.2 Å². The third-order valence-corrected chi connectivity index (χ3v) is 7.39. The molecule has 0 aromatic heterocycles. The summed E-state index contributed by atoms with van der Waals surface area (Å²) in [7, 11) is -3.77. The van der Waals surface area contributed by atoms with Gasteiger partial charge in [-0.2, -0.15) is 0 Å². The number of hydrogen-bond acceptors (Lipinski definition) is 5. The zero-order chi connectivity index (χ0) is 23.4. The molecule has 172 valence electrons. The van der Waals surface area contributed by atoms with Crippen LogP contribution in [0.4, 0.5) is 10.1 Å². The molecule has 6 nitrogen and oxygen atoms in total. The topological polar surface area (TPSA) is 86.7 Å². The fourth-order valence-electron chi connectivity index (χ4n) is 3.94. The van der Waals surface area contributed by atoms with Crippen molar-refractivity contribution in [1.82, 2.24) is 0 Å². The van der Waals surface area contributed by atoms with Gasteiger partial charge in [-0.15, -0.1) is 0 Å². The fraction of sp³-hybridized carbons (Fsp3) is 0.240. The van der Waals surface area contributed by atoms with Crippen LogP contribution in [-0.2, 0) is 34.3 Å². The van der Waals surface area contributed by atoms with Gasteiger partial charge in [-0.1, -0.05) is 42.5 Å². The predicted molar refractivity (Wildman–Crippen MR) is 120 cm³/mol. The molecule has 0 spiro atoms. The number of halogens is 1. The van der Waals surface area contributed by atoms with Gasteiger partial charge in [0.25, 0.3) is 10.0 Å². The second kappa shape index (κ2) is 11.4. The minimum atomic E-state index is -3.77. The van der Waals surface area contributed by atoms with Crippen molar-refractivity contribution >= 4 is 21.7 Å². The van der Waals surface area contributed by atoms with Gasteiger partial charge in [0.15, 0.2) is 0 Å². The van der Waals surface area contributed by atoms with Gasteiger partial charge in [-0.3, -0.25) is 4.31 Å². The number of carboxylic acid groups (broad SMARTS) is 1. The van der Waals surface area contributed by atoms with Crippen LogP contribution in [0.2, 0.25) is 0 Å². The number of para-hydroxylation sites is 1. The molecule has 4 rings (SSSR count). The van der Waals surface area contributed by atoms with Crippen LogP contribution in [0.15, 0.2) is 71.6 Å². The number of hydrogen-bond donors (Lipinski definition) is 0. The normalized spacial score (nSPS) is 13.0. The van der Waals surface area contributed by atoms with Crippen molar-refractivity contribution in [3.05, 3.63) is 89.2 Å². The number of aryl methyl sites for hydroxylation is 2. The molecule has 0 aliphatic carbocycles. The average Bonchev–Trinajstić information content (AvgIpc) is 2.82. The number of anilines is 1. The summed E-state index contributed by atoms with van der Waals surface area (Å²) in [6, 6.07) is 18.2. The van der Waals surface area contributed by atoms with E-state index in [1.807, 2.05) is 12.1 Å². The van der Waals surface area contributed by atoms with Crippen LogP contribution in [0.25, 0.3) is 0 Å². The number of carbonyl (C=O) groups is 1. The number of rotatable bonds is 8. The van der Waals surface area contributed by atoms with Gasteiger partial charge in [0, 0.05) is 12.5 Å². The first-order valence-electron chi connectivity index (χ1n) is 10.7. The minimum absolute atomic E-state index is 0. The van der Waals surface area contributed by atoms with Crippen LogP contribution in [0.5, 0.6) is 5.75 Å². The van der Waals surface area contributed by atoms with E-state index in [0.717, 1.165) is 12.0 Å². The van der Waals surface area contributed by atoms with Crippen molar-refractivity contribution < 1.29 is 57.0 Å². The Labute approximate surface area is 220 Å². The first-order valence-corrected chi connectivity index (χ1v) is 12.1. The number of carboxylic acids is 1. The van der Waals surface area contributed by atoms with Gasteiger partial charge in [0.1, 0.15) is 18.2 Å². The van der Waals surface area contributed by atoms with Crippen LogP contribution in [0.1, 0.15) is 29.5 Å². The maximum atomic E-state index is 14.3. The molecular formula is C25H23FNNaO5S. The second-order valence-corrected chi connectivity index (χ2v) is 9.71. The van der Waals surface area contributed by atoms with Crippen LogP contribution in [-0.4, -0.2) is 20.9 Å². The van der Waals surface area contributed by atoms with Gasteiger partial charge in [0.05, 0.1) is 10.6 Å². The Kier molecular flexibility index (Phi) is 8.76. The number of sulfonamides is 1. The van der Waals surface area contributed by atoms with E-state index in [0.29, 0.717) is 35.5 Å². The summed E-state index contributed by atoms with van der Waals surface area (Å²) < 4.78 is 48.4. The molecule has 3 aromatic rings. The Hall–Kier alpha value is -2.39. The molecule has 1 aliphatic rings. The van der Waals surface area contributed by atoms with E-state index < -0.39 is 21.8 Å². The van der Waals surface area contributed by atoms with Gasteiger partial charge < -0.3 is 14.6 Å². The minimum Gasteiger partial charge on any atom is -0.550 e. The summed E-state index contributed by atoms with van der Waals surface area (Å²) in [5.74, 6) is -1.33. The molecule has 0 fully saturated rings. The number of fused-ring (bicyclic) bond motifs is 1. The summed E-state index contributed by atoms with van der Waals surface area (Å²) in [6.07, 6.45) is 1.22. The van der Waals surface area contributed by atoms with Crippen LogP contribution >= 0.6 is 0 Å². The van der Waals surface area contributed by atoms with E-state index in [1.165, 1.54) is 16.4 Å². The standard InChI is InChI=1S/C25H24FNO5S.Na/c26-22-16-18(11-12-19(22)13-14-24(28)29)17-32-23-10-4-6-20-7-5-15-27(25(20)23)33(30,31)21-8-2-1-3-9-21;/h1-4,6,8-12,16H,5,7,13-15,17H2,(H,28,29);/q;+1/p-1. The molecule has 0 radical (unpaired) electrons. The summed E-state index contributed by atoms with van der Waals surface area (Å²) in [5.41, 5.74) is 2.23. The van der Waals surface area contributed by atoms with Crippen molar-refractivity contribution in [1.29, 1.82) is 0 Å². The van der Waals surface area contributed by atoms with Crippen molar-refractivity contribution in [3.8, 4) is 5.75 Å². The molecule has 1 aliphatic heterocycles. The molecular weight excluding hydrogens is 468 g/mol. The molecule has 3 aromatic carbocycles. The fourth-order valence-corrected chi connectivity index (χ4v) is 5.51. The number of carbonyl (C=O) groups excluding carboxylic acids is 1. The zero-order valence-corrected chi connectivity index (χ0v) is 21.7. The van der Waals surface area contributed by atoms with E-state index in [-0.39, 0.29) is 53.9 Å². The average molecular weight is 492 g/mol. The summed E-state index contributed by atoms with van der Waals surface area (Å²) in [4.78, 5) is 10.8. The van der Waals surface area contributed by atoms with Gasteiger partial charge in [0.2, 0.25) is 0 Å². The first kappa shape index (κ1) is 26.2. The molecule has 0 N–H and O–H groups in total. The number of ether oxygens (including phenoxy) is 1. The van der Waals surface area contributed by atoms with Crippen molar-refractivity contribution in [2.75, 3.05) is 10.8 Å². The van der Waals surface area contributed by atoms with Crippen molar-refractivity contribution in [2.24, 2.45) is 0 Å². The maximum absolute atomic E-state index is 14.3. The van der Waals surface area contributed by atoms with E-state index in [1.54, 1.807) is 42.5 Å². The number of nitrogens with zero attached hydrogens (tertiary/aromatic N) is 1. The Morgan fingerprint density at radius 3 is 2.53 bits per heavy atom. The monoisotopic (exact) mass is 491 g/mol. The summed E-state index contributed by atoms with van der Waals surface area (Å²) in [6.45, 7) is 0.375. The number of aliphatic carboxylic acids is 1. The van der Waals surface area contributed by atoms with Crippen LogP contribution < -0.4 is 43.7 Å². The molecule has 9 heteroatoms. The molecule has 0 saturated carbocycles. The smallest absolute Gasteiger partial charge is 0.550 e. The molecule has 0 amide bonds. The molecule has 0 atom stereocenters. The Balaban J connectivity index is 0.00000324. The SMILES string of the molecule is O=C([O-])CCc1ccc(COc2cccc3c2N(S(=O)(=O)c2ccccc2)CCC3)cc1F.[Na+]. The quantitative estimate of drug-likeness (QED) is 0.421. The van der Waals surface area contributed by atoms with Gasteiger partial charge >= 0.3 is 29.6 Å². The summed E-state index contributed by atoms with van der Waals surface area (Å²) in [5, 5.41) is 10.6. The van der Waals surface area contributed by atoms with E-state index in [4.69, 9.17) is 4.74 Å². The van der Waals surface area contributed by atoms with Crippen LogP contribution in [0, 0.1) is 5.82 Å². The largest absolute Gasteiger partial charge is 1.00 e. The third-order valence-electron chi connectivity index (χ3n) is 5.58. The van der Waals surface area contributed by atoms with Crippen molar-refractivity contribution in [3.63, 3.8) is 0 Å². The predicted octanol–water partition coefficient (Wildman–Crippen LogP) is 0.233. The van der Waals surface area contributed by atoms with Gasteiger partial charge in [-0.25, -0.2) is 12.8 Å². The molecule has 0 bridgehead atoms. The second-order valence-electron chi connectivity index (χ2n) is 7.84. The Morgan fingerprint density at radius 1 is 1.06 bits per heavy atom. The third kappa shape index (κ3) is 5.81.